The Hall–Kier alpha value is -1.66. The van der Waals surface area contributed by atoms with Crippen LogP contribution in [0.1, 0.15) is 11.1 Å². The third kappa shape index (κ3) is 5.18. The fraction of sp³-hybridized carbons (Fsp3) is 0.278. The summed E-state index contributed by atoms with van der Waals surface area (Å²) in [5.41, 5.74) is 2.82. The van der Waals surface area contributed by atoms with Crippen LogP contribution in [0, 0.1) is 6.92 Å². The van der Waals surface area contributed by atoms with Gasteiger partial charge in [0.15, 0.2) is 0 Å². The maximum atomic E-state index is 12.2. The van der Waals surface area contributed by atoms with Crippen molar-refractivity contribution in [1.29, 1.82) is 0 Å². The predicted octanol–water partition coefficient (Wildman–Crippen LogP) is 4.65. The Labute approximate surface area is 155 Å². The van der Waals surface area contributed by atoms with Gasteiger partial charge in [0.1, 0.15) is 11.5 Å². The van der Waals surface area contributed by atoms with Crippen LogP contribution in [0.3, 0.4) is 0 Å². The number of rotatable bonds is 7. The minimum atomic E-state index is -0.0575. The van der Waals surface area contributed by atoms with E-state index >= 15 is 0 Å². The maximum absolute atomic E-state index is 12.2. The minimum Gasteiger partial charge on any atom is -0.496 e. The van der Waals surface area contributed by atoms with E-state index in [4.69, 9.17) is 9.47 Å². The number of carbonyl (C=O) groups is 1. The zero-order valence-corrected chi connectivity index (χ0v) is 16.3. The molecule has 0 aliphatic heterocycles. The number of amides is 1. The topological polar surface area (TPSA) is 47.6 Å². The monoisotopic (exact) mass is 409 g/mol. The van der Waals surface area contributed by atoms with Crippen molar-refractivity contribution in [2.75, 3.05) is 25.3 Å². The molecule has 0 atom stereocenters. The van der Waals surface area contributed by atoms with Crippen molar-refractivity contribution in [2.45, 2.75) is 12.7 Å². The standard InChI is InChI=1S/C18H20BrNO3S/c1-12-4-6-17(23-3)15(8-12)20-18(21)11-24-10-13-9-14(19)5-7-16(13)22-2/h4-9H,10-11H2,1-3H3,(H,20,21). The number of anilines is 1. The number of thioether (sulfide) groups is 1. The fourth-order valence-corrected chi connectivity index (χ4v) is 3.43. The third-order valence-electron chi connectivity index (χ3n) is 3.36. The summed E-state index contributed by atoms with van der Waals surface area (Å²) >= 11 is 4.99. The second kappa shape index (κ2) is 8.99. The fourth-order valence-electron chi connectivity index (χ4n) is 2.22. The molecule has 1 amide bonds. The SMILES string of the molecule is COc1ccc(Br)cc1CSCC(=O)Nc1cc(C)ccc1OC. The van der Waals surface area contributed by atoms with Crippen LogP contribution in [0.25, 0.3) is 0 Å². The van der Waals surface area contributed by atoms with Gasteiger partial charge in [0.25, 0.3) is 0 Å². The molecule has 0 aliphatic carbocycles. The number of hydrogen-bond acceptors (Lipinski definition) is 4. The summed E-state index contributed by atoms with van der Waals surface area (Å²) in [6.07, 6.45) is 0. The van der Waals surface area contributed by atoms with Gasteiger partial charge in [-0.2, -0.15) is 0 Å². The summed E-state index contributed by atoms with van der Waals surface area (Å²) in [7, 11) is 3.24. The van der Waals surface area contributed by atoms with Crippen molar-refractivity contribution >= 4 is 39.3 Å². The van der Waals surface area contributed by atoms with Gasteiger partial charge in [-0.1, -0.05) is 22.0 Å². The molecule has 0 saturated heterocycles. The van der Waals surface area contributed by atoms with E-state index < -0.39 is 0 Å². The quantitative estimate of drug-likeness (QED) is 0.722. The van der Waals surface area contributed by atoms with Crippen molar-refractivity contribution in [3.63, 3.8) is 0 Å². The average Bonchev–Trinajstić information content (AvgIpc) is 2.55. The highest BCUT2D eigenvalue weighted by Crippen LogP contribution is 2.28. The molecule has 0 aromatic heterocycles. The lowest BCUT2D eigenvalue weighted by molar-refractivity contribution is -0.113. The largest absolute Gasteiger partial charge is 0.496 e. The van der Waals surface area contributed by atoms with Crippen LogP contribution in [0.15, 0.2) is 40.9 Å². The lowest BCUT2D eigenvalue weighted by Gasteiger charge is -2.11. The summed E-state index contributed by atoms with van der Waals surface area (Å²) in [5, 5.41) is 2.90. The molecular weight excluding hydrogens is 390 g/mol. The summed E-state index contributed by atoms with van der Waals surface area (Å²) in [6, 6.07) is 11.6. The zero-order valence-electron chi connectivity index (χ0n) is 13.9. The highest BCUT2D eigenvalue weighted by atomic mass is 79.9. The van der Waals surface area contributed by atoms with Gasteiger partial charge >= 0.3 is 0 Å². The minimum absolute atomic E-state index is 0.0575. The number of nitrogens with one attached hydrogen (secondary N) is 1. The van der Waals surface area contributed by atoms with E-state index in [0.29, 0.717) is 22.9 Å². The van der Waals surface area contributed by atoms with Crippen LogP contribution in [-0.2, 0) is 10.5 Å². The van der Waals surface area contributed by atoms with E-state index in [-0.39, 0.29) is 5.91 Å². The zero-order chi connectivity index (χ0) is 17.5. The highest BCUT2D eigenvalue weighted by molar-refractivity contribution is 9.10. The molecule has 128 valence electrons. The van der Waals surface area contributed by atoms with Crippen molar-refractivity contribution in [3.8, 4) is 11.5 Å². The molecule has 2 aromatic carbocycles. The van der Waals surface area contributed by atoms with Crippen LogP contribution in [0.5, 0.6) is 11.5 Å². The first-order valence-electron chi connectivity index (χ1n) is 7.38. The normalized spacial score (nSPS) is 10.3. The Balaban J connectivity index is 1.92. The van der Waals surface area contributed by atoms with Crippen LogP contribution in [-0.4, -0.2) is 25.9 Å². The lowest BCUT2D eigenvalue weighted by atomic mass is 10.2. The van der Waals surface area contributed by atoms with Crippen LogP contribution in [0.4, 0.5) is 5.69 Å². The molecular formula is C18H20BrNO3S. The molecule has 0 radical (unpaired) electrons. The van der Waals surface area contributed by atoms with Crippen molar-refractivity contribution in [3.05, 3.63) is 52.0 Å². The van der Waals surface area contributed by atoms with Crippen LogP contribution in [0.2, 0.25) is 0 Å². The van der Waals surface area contributed by atoms with Gasteiger partial charge in [-0.15, -0.1) is 11.8 Å². The molecule has 6 heteroatoms. The second-order valence-electron chi connectivity index (χ2n) is 5.20. The molecule has 2 aromatic rings. The van der Waals surface area contributed by atoms with Crippen LogP contribution < -0.4 is 14.8 Å². The van der Waals surface area contributed by atoms with Gasteiger partial charge in [0, 0.05) is 15.8 Å². The van der Waals surface area contributed by atoms with Gasteiger partial charge in [-0.3, -0.25) is 4.79 Å². The molecule has 0 aliphatic rings. The lowest BCUT2D eigenvalue weighted by Crippen LogP contribution is -2.15. The Morgan fingerprint density at radius 2 is 1.83 bits per heavy atom. The molecule has 0 spiro atoms. The maximum Gasteiger partial charge on any atom is 0.234 e. The Morgan fingerprint density at radius 3 is 2.54 bits per heavy atom. The summed E-state index contributed by atoms with van der Waals surface area (Å²) in [5.74, 6) is 2.48. The molecule has 0 unspecified atom stereocenters. The van der Waals surface area contributed by atoms with E-state index in [1.165, 1.54) is 11.8 Å². The number of methoxy groups -OCH3 is 2. The highest BCUT2D eigenvalue weighted by Gasteiger charge is 2.09. The molecule has 2 rings (SSSR count). The number of halogens is 1. The molecule has 0 bridgehead atoms. The predicted molar refractivity (Wildman–Crippen MR) is 103 cm³/mol. The van der Waals surface area contributed by atoms with E-state index in [1.807, 2.05) is 43.3 Å². The van der Waals surface area contributed by atoms with Crippen molar-refractivity contribution < 1.29 is 14.3 Å². The molecule has 24 heavy (non-hydrogen) atoms. The third-order valence-corrected chi connectivity index (χ3v) is 4.84. The first-order valence-corrected chi connectivity index (χ1v) is 9.33. The molecule has 4 nitrogen and oxygen atoms in total. The van der Waals surface area contributed by atoms with Crippen molar-refractivity contribution in [2.24, 2.45) is 0 Å². The van der Waals surface area contributed by atoms with Gasteiger partial charge in [0.05, 0.1) is 25.7 Å². The van der Waals surface area contributed by atoms with Gasteiger partial charge < -0.3 is 14.8 Å². The average molecular weight is 410 g/mol. The van der Waals surface area contributed by atoms with Gasteiger partial charge in [0.2, 0.25) is 5.91 Å². The summed E-state index contributed by atoms with van der Waals surface area (Å²) in [6.45, 7) is 1.98. The molecule has 0 heterocycles. The van der Waals surface area contributed by atoms with E-state index in [0.717, 1.165) is 21.3 Å². The molecule has 0 saturated carbocycles. The van der Waals surface area contributed by atoms with Crippen molar-refractivity contribution in [1.82, 2.24) is 0 Å². The molecule has 1 N–H and O–H groups in total. The Kier molecular flexibility index (Phi) is 6.99. The van der Waals surface area contributed by atoms with Gasteiger partial charge in [-0.05, 0) is 42.8 Å². The van der Waals surface area contributed by atoms with E-state index in [9.17, 15) is 4.79 Å². The Bertz CT molecular complexity index is 721. The van der Waals surface area contributed by atoms with E-state index in [1.54, 1.807) is 14.2 Å². The number of hydrogen-bond donors (Lipinski definition) is 1. The Morgan fingerprint density at radius 1 is 1.12 bits per heavy atom. The van der Waals surface area contributed by atoms with Crippen LogP contribution >= 0.6 is 27.7 Å². The number of benzene rings is 2. The van der Waals surface area contributed by atoms with E-state index in [2.05, 4.69) is 21.2 Å². The number of carbonyl (C=O) groups excluding carboxylic acids is 1. The summed E-state index contributed by atoms with van der Waals surface area (Å²) in [4.78, 5) is 12.2. The number of aryl methyl sites for hydroxylation is 1. The first-order chi connectivity index (χ1) is 11.5. The smallest absolute Gasteiger partial charge is 0.234 e. The molecule has 0 fully saturated rings. The number of ether oxygens (including phenoxy) is 2. The first kappa shape index (κ1) is 18.7. The summed E-state index contributed by atoms with van der Waals surface area (Å²) < 4.78 is 11.6. The van der Waals surface area contributed by atoms with Gasteiger partial charge in [-0.25, -0.2) is 0 Å². The second-order valence-corrected chi connectivity index (χ2v) is 7.10.